The van der Waals surface area contributed by atoms with Gasteiger partial charge in [0, 0.05) is 24.8 Å². The van der Waals surface area contributed by atoms with Crippen molar-refractivity contribution in [3.05, 3.63) is 30.3 Å². The van der Waals surface area contributed by atoms with Gasteiger partial charge in [-0.3, -0.25) is 4.90 Å². The molecule has 2 bridgehead atoms. The second-order valence-corrected chi connectivity index (χ2v) is 6.82. The molecule has 2 atom stereocenters. The maximum atomic E-state index is 6.30. The predicted molar refractivity (Wildman–Crippen MR) is 92.0 cm³/mol. The Morgan fingerprint density at radius 3 is 2.68 bits per heavy atom. The van der Waals surface area contributed by atoms with Crippen molar-refractivity contribution in [2.45, 2.75) is 31.5 Å². The van der Waals surface area contributed by atoms with Crippen LogP contribution in [-0.4, -0.2) is 48.0 Å². The lowest BCUT2D eigenvalue weighted by Crippen LogP contribution is -2.80. The van der Waals surface area contributed by atoms with E-state index in [1.165, 1.54) is 25.9 Å². The molecule has 4 heterocycles. The van der Waals surface area contributed by atoms with E-state index in [0.29, 0.717) is 12.0 Å². The number of hydrogen-bond donors (Lipinski definition) is 1. The average Bonchev–Trinajstić information content (AvgIpc) is 2.56. The van der Waals surface area contributed by atoms with Crippen LogP contribution in [0.25, 0.3) is 0 Å². The van der Waals surface area contributed by atoms with Gasteiger partial charge in [-0.05, 0) is 57.2 Å². The van der Waals surface area contributed by atoms with Crippen molar-refractivity contribution in [2.75, 3.05) is 31.1 Å². The Labute approximate surface area is 137 Å². The first-order valence-electron chi connectivity index (χ1n) is 8.27. The van der Waals surface area contributed by atoms with Gasteiger partial charge in [-0.25, -0.2) is 0 Å². The van der Waals surface area contributed by atoms with Gasteiger partial charge in [0.2, 0.25) is 0 Å². The summed E-state index contributed by atoms with van der Waals surface area (Å²) < 4.78 is 6.30. The van der Waals surface area contributed by atoms with E-state index in [1.54, 1.807) is 0 Å². The van der Waals surface area contributed by atoms with Gasteiger partial charge >= 0.3 is 0 Å². The molecule has 0 aliphatic carbocycles. The molecule has 4 fully saturated rings. The van der Waals surface area contributed by atoms with Gasteiger partial charge in [0.15, 0.2) is 10.8 Å². The molecule has 1 aromatic rings. The largest absolute Gasteiger partial charge is 0.354 e. The summed E-state index contributed by atoms with van der Waals surface area (Å²) >= 11 is 5.70. The van der Waals surface area contributed by atoms with E-state index >= 15 is 0 Å². The summed E-state index contributed by atoms with van der Waals surface area (Å²) in [4.78, 5) is 4.80. The summed E-state index contributed by atoms with van der Waals surface area (Å²) in [5.74, 6) is 0.568. The fraction of sp³-hybridized carbons (Fsp3) is 0.588. The highest BCUT2D eigenvalue weighted by Crippen LogP contribution is 2.43. The van der Waals surface area contributed by atoms with Crippen LogP contribution in [0.5, 0.6) is 0 Å². The third-order valence-electron chi connectivity index (χ3n) is 5.43. The summed E-state index contributed by atoms with van der Waals surface area (Å²) in [6.45, 7) is 6.08. The maximum Gasteiger partial charge on any atom is 0.175 e. The van der Waals surface area contributed by atoms with Crippen LogP contribution in [0.3, 0.4) is 0 Å². The molecule has 0 radical (unpaired) electrons. The first-order valence-corrected chi connectivity index (χ1v) is 8.68. The molecule has 1 N–H and O–H groups in total. The molecule has 4 aliphatic rings. The Morgan fingerprint density at radius 1 is 1.27 bits per heavy atom. The van der Waals surface area contributed by atoms with Gasteiger partial charge < -0.3 is 15.0 Å². The molecule has 0 aromatic heterocycles. The maximum absolute atomic E-state index is 6.30. The minimum atomic E-state index is -0.284. The van der Waals surface area contributed by atoms with Crippen molar-refractivity contribution in [3.63, 3.8) is 0 Å². The molecule has 4 aliphatic heterocycles. The molecule has 4 saturated heterocycles. The van der Waals surface area contributed by atoms with Crippen LogP contribution in [0.15, 0.2) is 30.3 Å². The Bertz CT molecular complexity index is 558. The molecule has 4 nitrogen and oxygen atoms in total. The van der Waals surface area contributed by atoms with Gasteiger partial charge in [-0.1, -0.05) is 18.2 Å². The molecule has 0 amide bonds. The van der Waals surface area contributed by atoms with Crippen LogP contribution in [0.1, 0.15) is 19.8 Å². The van der Waals surface area contributed by atoms with Gasteiger partial charge in [0.1, 0.15) is 0 Å². The van der Waals surface area contributed by atoms with E-state index in [4.69, 9.17) is 17.0 Å². The van der Waals surface area contributed by atoms with Crippen molar-refractivity contribution < 1.29 is 4.74 Å². The topological polar surface area (TPSA) is 27.7 Å². The van der Waals surface area contributed by atoms with Crippen LogP contribution >= 0.6 is 12.2 Å². The number of ether oxygens (including phenoxy) is 1. The molecular weight excluding hydrogens is 294 g/mol. The lowest BCUT2D eigenvalue weighted by Gasteiger charge is -2.62. The second-order valence-electron chi connectivity index (χ2n) is 6.43. The first kappa shape index (κ1) is 14.4. The number of anilines is 1. The average molecular weight is 317 g/mol. The molecule has 0 saturated carbocycles. The summed E-state index contributed by atoms with van der Waals surface area (Å²) in [5.41, 5.74) is 0.876. The van der Waals surface area contributed by atoms with Crippen molar-refractivity contribution in [1.29, 1.82) is 0 Å². The molecule has 5 rings (SSSR count). The van der Waals surface area contributed by atoms with Crippen molar-refractivity contribution in [1.82, 2.24) is 10.2 Å². The number of piperidine rings is 3. The minimum Gasteiger partial charge on any atom is -0.354 e. The van der Waals surface area contributed by atoms with E-state index in [-0.39, 0.29) is 5.72 Å². The first-order chi connectivity index (χ1) is 10.7. The third kappa shape index (κ3) is 2.07. The molecular formula is C17H23N3OS. The Hall–Kier alpha value is -1.17. The van der Waals surface area contributed by atoms with Crippen LogP contribution in [0.4, 0.5) is 5.69 Å². The molecule has 5 heteroatoms. The van der Waals surface area contributed by atoms with Crippen LogP contribution in [0, 0.1) is 5.92 Å². The lowest BCUT2D eigenvalue weighted by atomic mass is 9.74. The van der Waals surface area contributed by atoms with Crippen LogP contribution < -0.4 is 10.2 Å². The van der Waals surface area contributed by atoms with E-state index in [2.05, 4.69) is 46.3 Å². The van der Waals surface area contributed by atoms with E-state index in [0.717, 1.165) is 24.0 Å². The lowest BCUT2D eigenvalue weighted by molar-refractivity contribution is -0.196. The van der Waals surface area contributed by atoms with Gasteiger partial charge in [-0.2, -0.15) is 0 Å². The number of hydrogen-bond acceptors (Lipinski definition) is 3. The van der Waals surface area contributed by atoms with Gasteiger partial charge in [0.05, 0.1) is 6.04 Å². The molecule has 2 unspecified atom stereocenters. The van der Waals surface area contributed by atoms with Gasteiger partial charge in [-0.15, -0.1) is 0 Å². The highest BCUT2D eigenvalue weighted by Gasteiger charge is 2.58. The number of thiocarbonyl (C=S) groups is 1. The van der Waals surface area contributed by atoms with Crippen molar-refractivity contribution >= 4 is 23.0 Å². The fourth-order valence-corrected chi connectivity index (χ4v) is 4.77. The van der Waals surface area contributed by atoms with E-state index in [1.807, 2.05) is 6.07 Å². The molecule has 1 aromatic carbocycles. The summed E-state index contributed by atoms with van der Waals surface area (Å²) in [6, 6.07) is 10.8. The highest BCUT2D eigenvalue weighted by atomic mass is 32.1. The zero-order valence-electron chi connectivity index (χ0n) is 13.0. The zero-order chi connectivity index (χ0) is 15.2. The number of rotatable bonds is 3. The number of nitrogens with zero attached hydrogens (tertiary/aromatic N) is 2. The quantitative estimate of drug-likeness (QED) is 0.863. The predicted octanol–water partition coefficient (Wildman–Crippen LogP) is 2.21. The smallest absolute Gasteiger partial charge is 0.175 e. The summed E-state index contributed by atoms with van der Waals surface area (Å²) in [6.07, 6.45) is 2.41. The second kappa shape index (κ2) is 5.48. The number of fused-ring (bicyclic) bond motifs is 2. The number of para-hydroxylation sites is 1. The normalized spacial score (nSPS) is 36.9. The van der Waals surface area contributed by atoms with Crippen molar-refractivity contribution in [2.24, 2.45) is 5.92 Å². The van der Waals surface area contributed by atoms with Crippen LogP contribution in [0.2, 0.25) is 0 Å². The molecule has 22 heavy (non-hydrogen) atoms. The monoisotopic (exact) mass is 317 g/mol. The summed E-state index contributed by atoms with van der Waals surface area (Å²) in [7, 11) is 0. The Balaban J connectivity index is 1.68. The summed E-state index contributed by atoms with van der Waals surface area (Å²) in [5, 5.41) is 4.40. The Morgan fingerprint density at radius 2 is 2.00 bits per heavy atom. The van der Waals surface area contributed by atoms with E-state index < -0.39 is 0 Å². The number of benzene rings is 1. The standard InChI is InChI=1S/C17H23N3OS/c1-2-21-17-13-8-10-19(11-9-13)15(17)12-20(16(22)18-17)14-6-4-3-5-7-14/h3-7,13,15H,2,8-12H2,1H3,(H,18,22). The van der Waals surface area contributed by atoms with Crippen LogP contribution in [-0.2, 0) is 4.74 Å². The fourth-order valence-electron chi connectivity index (χ4n) is 4.43. The highest BCUT2D eigenvalue weighted by molar-refractivity contribution is 7.80. The van der Waals surface area contributed by atoms with Crippen molar-refractivity contribution in [3.8, 4) is 0 Å². The zero-order valence-corrected chi connectivity index (χ0v) is 13.8. The third-order valence-corrected chi connectivity index (χ3v) is 5.75. The van der Waals surface area contributed by atoms with E-state index in [9.17, 15) is 0 Å². The number of nitrogens with one attached hydrogen (secondary N) is 1. The molecule has 118 valence electrons. The van der Waals surface area contributed by atoms with Gasteiger partial charge in [0.25, 0.3) is 0 Å². The SMILES string of the molecule is CCOC12NC(=S)N(c3ccccc3)CC1N1CCC2CC1. The Kier molecular flexibility index (Phi) is 3.59. The molecule has 0 spiro atoms. The minimum absolute atomic E-state index is 0.284.